The lowest BCUT2D eigenvalue weighted by Crippen LogP contribution is -2.54. The molecule has 2 N–H and O–H groups in total. The molecule has 6 atom stereocenters. The number of nitrogens with zero attached hydrogens (tertiary/aromatic N) is 4. The van der Waals surface area contributed by atoms with E-state index in [1.807, 2.05) is 30.5 Å². The molecule has 13 nitrogen and oxygen atoms in total. The summed E-state index contributed by atoms with van der Waals surface area (Å²) in [7, 11) is 2.72. The molecule has 3 saturated heterocycles. The van der Waals surface area contributed by atoms with Crippen LogP contribution in [0.25, 0.3) is 10.9 Å². The summed E-state index contributed by atoms with van der Waals surface area (Å²) >= 11 is 0. The maximum Gasteiger partial charge on any atom is 0.336 e. The summed E-state index contributed by atoms with van der Waals surface area (Å²) in [5.41, 5.74) is 2.87. The van der Waals surface area contributed by atoms with Crippen molar-refractivity contribution in [3.8, 4) is 0 Å². The maximum absolute atomic E-state index is 12.7. The summed E-state index contributed by atoms with van der Waals surface area (Å²) in [6.45, 7) is 9.99. The predicted molar refractivity (Wildman–Crippen MR) is 194 cm³/mol. The molecule has 0 aliphatic carbocycles. The first kappa shape index (κ1) is 38.3. The SMILES string of the molecule is C=C[C@H]1C[N@]2CC[C@H]1C[C@H]2[C@H](O)c1ccnc2ccccc12.COCCOCN1C(C)=C(C(=O)O)C(c2cccc([N+](=O)[O-])c2)C(C(=O)OC)=C1C. The monoisotopic (exact) mass is 714 g/mol. The van der Waals surface area contributed by atoms with E-state index >= 15 is 0 Å². The molecule has 52 heavy (non-hydrogen) atoms. The van der Waals surface area contributed by atoms with Gasteiger partial charge in [0.05, 0.1) is 53.9 Å². The summed E-state index contributed by atoms with van der Waals surface area (Å²) in [6, 6.07) is 15.8. The van der Waals surface area contributed by atoms with Crippen molar-refractivity contribution in [2.75, 3.05) is 47.3 Å². The molecule has 3 fully saturated rings. The Labute approximate surface area is 302 Å². The van der Waals surface area contributed by atoms with Gasteiger partial charge in [-0.15, -0.1) is 6.58 Å². The highest BCUT2D eigenvalue weighted by atomic mass is 16.6. The van der Waals surface area contributed by atoms with E-state index in [0.29, 0.717) is 35.4 Å². The van der Waals surface area contributed by atoms with Crippen molar-refractivity contribution in [1.29, 1.82) is 0 Å². The fraction of sp³-hybridized carbons (Fsp3) is 0.410. The summed E-state index contributed by atoms with van der Waals surface area (Å²) in [4.78, 5) is 43.9. The van der Waals surface area contributed by atoms with Gasteiger partial charge in [0.1, 0.15) is 6.73 Å². The van der Waals surface area contributed by atoms with Gasteiger partial charge in [-0.3, -0.25) is 20.0 Å². The molecule has 0 spiro atoms. The molecule has 2 bridgehead atoms. The number of carboxylic acids is 1. The number of aliphatic hydroxyl groups excluding tert-OH is 1. The van der Waals surface area contributed by atoms with Crippen molar-refractivity contribution in [2.45, 2.75) is 44.8 Å². The minimum absolute atomic E-state index is 0.0000413. The van der Waals surface area contributed by atoms with Gasteiger partial charge >= 0.3 is 11.9 Å². The summed E-state index contributed by atoms with van der Waals surface area (Å²) < 4.78 is 15.4. The molecule has 3 aromatic rings. The van der Waals surface area contributed by atoms with Crippen LogP contribution in [0.3, 0.4) is 0 Å². The van der Waals surface area contributed by atoms with Crippen molar-refractivity contribution in [3.63, 3.8) is 0 Å². The number of nitro groups is 1. The number of fused-ring (bicyclic) bond motifs is 4. The number of ether oxygens (including phenoxy) is 3. The topological polar surface area (TPSA) is 165 Å². The number of carbonyl (C=O) groups is 2. The first-order chi connectivity index (χ1) is 25.0. The number of para-hydroxylation sites is 1. The highest BCUT2D eigenvalue weighted by molar-refractivity contribution is 5.99. The quantitative estimate of drug-likeness (QED) is 0.0788. The number of methoxy groups -OCH3 is 2. The fourth-order valence-corrected chi connectivity index (χ4v) is 7.69. The molecule has 13 heteroatoms. The van der Waals surface area contributed by atoms with Gasteiger partial charge in [-0.2, -0.15) is 0 Å². The fourth-order valence-electron chi connectivity index (χ4n) is 7.69. The highest BCUT2D eigenvalue weighted by Crippen LogP contribution is 2.44. The molecule has 0 saturated carbocycles. The molecule has 0 radical (unpaired) electrons. The highest BCUT2D eigenvalue weighted by Gasteiger charge is 2.43. The number of rotatable bonds is 12. The van der Waals surface area contributed by atoms with Crippen LogP contribution in [0.2, 0.25) is 0 Å². The van der Waals surface area contributed by atoms with Crippen LogP contribution in [0.4, 0.5) is 5.69 Å². The molecule has 5 heterocycles. The summed E-state index contributed by atoms with van der Waals surface area (Å²) in [5, 5.41) is 33.3. The van der Waals surface area contributed by atoms with Gasteiger partial charge in [0.15, 0.2) is 0 Å². The van der Waals surface area contributed by atoms with E-state index in [0.717, 1.165) is 36.0 Å². The second kappa shape index (κ2) is 17.0. The third kappa shape index (κ3) is 7.92. The van der Waals surface area contributed by atoms with Crippen molar-refractivity contribution < 1.29 is 38.9 Å². The lowest BCUT2D eigenvalue weighted by molar-refractivity contribution is -0.384. The van der Waals surface area contributed by atoms with Crippen LogP contribution in [0.15, 0.2) is 96.0 Å². The number of allylic oxidation sites excluding steroid dienone is 2. The zero-order chi connectivity index (χ0) is 37.5. The van der Waals surface area contributed by atoms with Gasteiger partial charge in [0.25, 0.3) is 5.69 Å². The number of aliphatic carboxylic acids is 1. The molecule has 1 unspecified atom stereocenters. The lowest BCUT2D eigenvalue weighted by Gasteiger charge is -2.50. The van der Waals surface area contributed by atoms with Gasteiger partial charge in [-0.25, -0.2) is 9.59 Å². The predicted octanol–water partition coefficient (Wildman–Crippen LogP) is 5.58. The van der Waals surface area contributed by atoms with Crippen molar-refractivity contribution in [2.24, 2.45) is 11.8 Å². The van der Waals surface area contributed by atoms with Gasteiger partial charge in [0, 0.05) is 54.8 Å². The van der Waals surface area contributed by atoms with Crippen LogP contribution in [0.5, 0.6) is 0 Å². The van der Waals surface area contributed by atoms with Crippen LogP contribution in [-0.2, 0) is 23.8 Å². The number of pyridine rings is 1. The van der Waals surface area contributed by atoms with Crippen LogP contribution < -0.4 is 0 Å². The number of non-ortho nitro benzene ring substituents is 1. The Hall–Kier alpha value is -4.95. The number of carbonyl (C=O) groups excluding carboxylic acids is 1. The van der Waals surface area contributed by atoms with Crippen molar-refractivity contribution in [3.05, 3.63) is 117 Å². The van der Waals surface area contributed by atoms with Crippen LogP contribution in [0.1, 0.15) is 49.8 Å². The number of benzene rings is 2. The van der Waals surface area contributed by atoms with Gasteiger partial charge in [-0.1, -0.05) is 36.4 Å². The third-order valence-electron chi connectivity index (χ3n) is 10.4. The number of aromatic nitrogens is 1. The standard InChI is InChI=1S/C20H24N2O8.C19H22N2O/c1-12-16(19(23)24)18(14-6-5-7-15(10-14)22(26)27)17(20(25)29-4)13(2)21(12)11-30-9-8-28-3;1-2-13-12-21-10-8-14(13)11-18(21)19(22)16-7-9-20-17-6-4-3-5-15(16)17/h5-7,10,18H,8-9,11H2,1-4H3,(H,23,24);2-7,9,13-14,18-19,22H,1,8,10-12H2/t;13-,14-,18-,19+/m.0/s1. The zero-order valence-corrected chi connectivity index (χ0v) is 29.9. The molecule has 2 aromatic carbocycles. The number of esters is 1. The van der Waals surface area contributed by atoms with E-state index < -0.39 is 28.9 Å². The van der Waals surface area contributed by atoms with E-state index in [1.165, 1.54) is 38.8 Å². The lowest BCUT2D eigenvalue weighted by atomic mass is 9.73. The Balaban J connectivity index is 0.000000209. The van der Waals surface area contributed by atoms with E-state index in [-0.39, 0.29) is 36.2 Å². The molecule has 1 aromatic heterocycles. The third-order valence-corrected chi connectivity index (χ3v) is 10.4. The second-order valence-corrected chi connectivity index (χ2v) is 13.1. The van der Waals surface area contributed by atoms with Crippen LogP contribution in [0, 0.1) is 22.0 Å². The Morgan fingerprint density at radius 3 is 2.50 bits per heavy atom. The molecular weight excluding hydrogens is 668 g/mol. The van der Waals surface area contributed by atoms with Gasteiger partial charge < -0.3 is 29.3 Å². The summed E-state index contributed by atoms with van der Waals surface area (Å²) in [5.74, 6) is -1.75. The maximum atomic E-state index is 12.7. The molecule has 276 valence electrons. The van der Waals surface area contributed by atoms with E-state index in [1.54, 1.807) is 24.8 Å². The molecule has 0 amide bonds. The van der Waals surface area contributed by atoms with E-state index in [4.69, 9.17) is 14.2 Å². The number of hydrogen-bond donors (Lipinski definition) is 2. The Morgan fingerprint density at radius 2 is 1.85 bits per heavy atom. The average molecular weight is 715 g/mol. The zero-order valence-electron chi connectivity index (χ0n) is 29.9. The number of hydrogen-bond acceptors (Lipinski definition) is 11. The second-order valence-electron chi connectivity index (χ2n) is 13.1. The van der Waals surface area contributed by atoms with E-state index in [2.05, 4.69) is 28.6 Å². The number of aliphatic hydroxyl groups is 1. The van der Waals surface area contributed by atoms with E-state index in [9.17, 15) is 29.9 Å². The van der Waals surface area contributed by atoms with Gasteiger partial charge in [0.2, 0.25) is 0 Å². The number of carboxylic acid groups (broad SMARTS) is 1. The first-order valence-corrected chi connectivity index (χ1v) is 17.2. The van der Waals surface area contributed by atoms with Crippen LogP contribution >= 0.6 is 0 Å². The minimum Gasteiger partial charge on any atom is -0.478 e. The van der Waals surface area contributed by atoms with Gasteiger partial charge in [-0.05, 0) is 68.3 Å². The van der Waals surface area contributed by atoms with Crippen molar-refractivity contribution >= 4 is 28.5 Å². The summed E-state index contributed by atoms with van der Waals surface area (Å²) in [6.07, 6.45) is 5.76. The number of piperidine rings is 3. The molecule has 4 aliphatic rings. The molecule has 7 rings (SSSR count). The largest absolute Gasteiger partial charge is 0.478 e. The normalized spacial score (nSPS) is 23.2. The minimum atomic E-state index is -1.25. The smallest absolute Gasteiger partial charge is 0.336 e. The molecule has 4 aliphatic heterocycles. The van der Waals surface area contributed by atoms with Crippen molar-refractivity contribution in [1.82, 2.24) is 14.8 Å². The van der Waals surface area contributed by atoms with Crippen LogP contribution in [-0.4, -0.2) is 95.2 Å². The Bertz CT molecular complexity index is 1870. The Kier molecular flexibility index (Phi) is 12.5. The first-order valence-electron chi connectivity index (χ1n) is 17.2. The molecular formula is C39H46N4O9. The average Bonchev–Trinajstić information content (AvgIpc) is 3.16. The Morgan fingerprint density at radius 1 is 1.10 bits per heavy atom. The number of nitro benzene ring substituents is 1.